The third-order valence-electron chi connectivity index (χ3n) is 10.8. The van der Waals surface area contributed by atoms with Crippen molar-refractivity contribution in [3.8, 4) is 0 Å². The molecule has 15 nitrogen and oxygen atoms in total. The van der Waals surface area contributed by atoms with Gasteiger partial charge >= 0.3 is 0 Å². The summed E-state index contributed by atoms with van der Waals surface area (Å²) in [6, 6.07) is -4.60. The fourth-order valence-electron chi connectivity index (χ4n) is 7.47. The highest BCUT2D eigenvalue weighted by Gasteiger charge is 2.38. The molecule has 5 amide bonds. The number of likely N-dealkylation sites (N-methyl/N-ethyl adjacent to an activating group) is 1. The first-order valence-corrected chi connectivity index (χ1v) is 20.7. The van der Waals surface area contributed by atoms with Gasteiger partial charge in [0.1, 0.15) is 24.2 Å². The molecule has 0 aromatic carbocycles. The van der Waals surface area contributed by atoms with Crippen LogP contribution in [0.1, 0.15) is 124 Å². The number of ether oxygens (including phenoxy) is 2. The van der Waals surface area contributed by atoms with E-state index in [-0.39, 0.29) is 37.7 Å². The van der Waals surface area contributed by atoms with Gasteiger partial charge in [-0.25, -0.2) is 0 Å². The molecule has 10 N–H and O–H groups in total. The Morgan fingerprint density at radius 1 is 0.759 bits per heavy atom. The van der Waals surface area contributed by atoms with Crippen molar-refractivity contribution in [3.63, 3.8) is 0 Å². The minimum Gasteiger partial charge on any atom is -0.375 e. The number of amides is 5. The predicted octanol–water partition coefficient (Wildman–Crippen LogP) is 1.59. The van der Waals surface area contributed by atoms with Crippen molar-refractivity contribution in [1.29, 1.82) is 0 Å². The first-order valence-electron chi connectivity index (χ1n) is 20.7. The molecule has 0 aromatic heterocycles. The Hall–Kier alpha value is -2.85. The van der Waals surface area contributed by atoms with Crippen LogP contribution in [0.15, 0.2) is 0 Å². The van der Waals surface area contributed by atoms with Crippen LogP contribution in [-0.2, 0) is 33.4 Å². The van der Waals surface area contributed by atoms with Crippen molar-refractivity contribution in [3.05, 3.63) is 0 Å². The molecule has 2 fully saturated rings. The van der Waals surface area contributed by atoms with E-state index in [1.807, 2.05) is 13.8 Å². The molecule has 0 bridgehead atoms. The van der Waals surface area contributed by atoms with Crippen molar-refractivity contribution in [2.75, 3.05) is 39.9 Å². The molecule has 1 saturated carbocycles. The van der Waals surface area contributed by atoms with E-state index in [9.17, 15) is 24.0 Å². The summed E-state index contributed by atoms with van der Waals surface area (Å²) in [4.78, 5) is 71.5. The number of rotatable bonds is 16. The normalized spacial score (nSPS) is 28.0. The Kier molecular flexibility index (Phi) is 22.8. The molecule has 0 aromatic rings. The van der Waals surface area contributed by atoms with E-state index >= 15 is 0 Å². The molecule has 2 rings (SSSR count). The van der Waals surface area contributed by atoms with Crippen molar-refractivity contribution < 1.29 is 33.4 Å². The molecular weight excluding hydrogens is 692 g/mol. The summed E-state index contributed by atoms with van der Waals surface area (Å²) in [5, 5.41) is 11.5. The third-order valence-corrected chi connectivity index (χ3v) is 10.8. The number of nitrogens with zero attached hydrogens (tertiary/aromatic N) is 1. The van der Waals surface area contributed by atoms with E-state index in [1.54, 1.807) is 14.0 Å². The second-order valence-corrected chi connectivity index (χ2v) is 15.4. The quantitative estimate of drug-likeness (QED) is 0.0886. The zero-order valence-electron chi connectivity index (χ0n) is 33.9. The van der Waals surface area contributed by atoms with E-state index in [0.717, 1.165) is 64.2 Å². The predicted molar refractivity (Wildman–Crippen MR) is 210 cm³/mol. The Morgan fingerprint density at radius 3 is 1.98 bits per heavy atom. The molecule has 1 aliphatic heterocycles. The van der Waals surface area contributed by atoms with Crippen LogP contribution < -0.4 is 38.5 Å². The monoisotopic (exact) mass is 767 g/mol. The maximum Gasteiger partial charge on any atom is 0.245 e. The average Bonchev–Trinajstić information content (AvgIpc) is 3.44. The van der Waals surface area contributed by atoms with Gasteiger partial charge in [0.05, 0.1) is 31.3 Å². The van der Waals surface area contributed by atoms with Crippen LogP contribution in [0, 0.1) is 11.8 Å². The lowest BCUT2D eigenvalue weighted by molar-refractivity contribution is -0.147. The molecule has 1 saturated heterocycles. The van der Waals surface area contributed by atoms with Crippen LogP contribution in [0.3, 0.4) is 0 Å². The van der Waals surface area contributed by atoms with Gasteiger partial charge in [0.2, 0.25) is 29.5 Å². The van der Waals surface area contributed by atoms with Crippen LogP contribution in [0.5, 0.6) is 0 Å². The highest BCUT2D eigenvalue weighted by atomic mass is 16.5. The van der Waals surface area contributed by atoms with Gasteiger partial charge in [0.15, 0.2) is 0 Å². The molecule has 5 unspecified atom stereocenters. The van der Waals surface area contributed by atoms with Crippen LogP contribution in [0.25, 0.3) is 0 Å². The highest BCUT2D eigenvalue weighted by Crippen LogP contribution is 2.27. The van der Waals surface area contributed by atoms with Gasteiger partial charge in [0.25, 0.3) is 0 Å². The van der Waals surface area contributed by atoms with Crippen LogP contribution in [0.2, 0.25) is 0 Å². The number of unbranched alkanes of at least 4 members (excludes halogenated alkanes) is 3. The minimum absolute atomic E-state index is 0.111. The molecule has 0 spiro atoms. The Labute approximate surface area is 324 Å². The third kappa shape index (κ3) is 15.7. The van der Waals surface area contributed by atoms with Gasteiger partial charge in [-0.05, 0) is 64.5 Å². The highest BCUT2D eigenvalue weighted by molar-refractivity contribution is 5.96. The largest absolute Gasteiger partial charge is 0.375 e. The zero-order valence-corrected chi connectivity index (χ0v) is 33.9. The molecule has 312 valence electrons. The van der Waals surface area contributed by atoms with Crippen molar-refractivity contribution in [1.82, 2.24) is 26.2 Å². The fourth-order valence-corrected chi connectivity index (χ4v) is 7.47. The maximum absolute atomic E-state index is 14.2. The van der Waals surface area contributed by atoms with Crippen molar-refractivity contribution in [2.24, 2.45) is 29.0 Å². The Morgan fingerprint density at radius 2 is 1.39 bits per heavy atom. The van der Waals surface area contributed by atoms with Gasteiger partial charge in [-0.3, -0.25) is 24.0 Å². The Bertz CT molecular complexity index is 1130. The molecule has 54 heavy (non-hydrogen) atoms. The van der Waals surface area contributed by atoms with Gasteiger partial charge in [0, 0.05) is 19.6 Å². The minimum atomic E-state index is -1.20. The second-order valence-electron chi connectivity index (χ2n) is 15.4. The van der Waals surface area contributed by atoms with Crippen LogP contribution in [-0.4, -0.2) is 117 Å². The van der Waals surface area contributed by atoms with E-state index in [1.165, 1.54) is 4.90 Å². The van der Waals surface area contributed by atoms with Crippen molar-refractivity contribution >= 4 is 29.5 Å². The second kappa shape index (κ2) is 26.1. The summed E-state index contributed by atoms with van der Waals surface area (Å²) in [6.45, 7) is 8.11. The molecule has 1 aliphatic carbocycles. The summed E-state index contributed by atoms with van der Waals surface area (Å²) < 4.78 is 12.4. The molecule has 0 radical (unpaired) electrons. The van der Waals surface area contributed by atoms with E-state index in [0.29, 0.717) is 45.2 Å². The topological polar surface area (TPSA) is 233 Å². The van der Waals surface area contributed by atoms with Crippen molar-refractivity contribution in [2.45, 2.75) is 166 Å². The number of nitrogens with one attached hydrogen (secondary N) is 4. The first-order chi connectivity index (χ1) is 25.9. The van der Waals surface area contributed by atoms with E-state index < -0.39 is 65.9 Å². The SMILES string of the molecule is CCCCCC[C@H]1OC[C@@H](C)NC(=O)C(COC(CCN)CCN)NC(=O)C(CN)NC(=O)C(C2CCCCCC2)NC(=O)C(CCC)N(C)C(=O)C1C. The van der Waals surface area contributed by atoms with E-state index in [4.69, 9.17) is 26.7 Å². The van der Waals surface area contributed by atoms with Gasteiger partial charge in [-0.2, -0.15) is 0 Å². The number of carbonyl (C=O) groups is 5. The first kappa shape index (κ1) is 47.3. The van der Waals surface area contributed by atoms with Gasteiger partial charge in [-0.15, -0.1) is 0 Å². The zero-order chi connectivity index (χ0) is 40.0. The smallest absolute Gasteiger partial charge is 0.245 e. The summed E-state index contributed by atoms with van der Waals surface area (Å²) >= 11 is 0. The summed E-state index contributed by atoms with van der Waals surface area (Å²) in [5.74, 6) is -3.10. The standard InChI is InChI=1S/C39H74N8O7/c1-6-8-9-14-18-33-27(4)39(52)47(5)32(15-7-2)37(50)46-34(28-16-12-10-11-13-17-28)38(51)44-30(23-42)35(48)45-31(36(49)43-26(3)24-54-33)25-53-29(19-21-40)20-22-41/h26-34H,6-25,40-42H2,1-5H3,(H,43,49)(H,44,51)(H,45,48)(H,46,50)/t26-,27?,30?,31?,32?,33-,34?/m1/s1. The summed E-state index contributed by atoms with van der Waals surface area (Å²) in [7, 11) is 1.64. The number of hydrogen-bond donors (Lipinski definition) is 7. The average molecular weight is 767 g/mol. The molecule has 7 atom stereocenters. The van der Waals surface area contributed by atoms with E-state index in [2.05, 4.69) is 28.2 Å². The Balaban J connectivity index is 2.56. The number of hydrogen-bond acceptors (Lipinski definition) is 10. The summed E-state index contributed by atoms with van der Waals surface area (Å²) in [5.41, 5.74) is 17.6. The van der Waals surface area contributed by atoms with Crippen LogP contribution >= 0.6 is 0 Å². The van der Waals surface area contributed by atoms with Gasteiger partial charge in [-0.1, -0.05) is 78.6 Å². The summed E-state index contributed by atoms with van der Waals surface area (Å²) in [6.07, 6.45) is 11.2. The number of nitrogens with two attached hydrogens (primary N) is 3. The fraction of sp³-hybridized carbons (Fsp3) is 0.872. The molecule has 1 heterocycles. The lowest BCUT2D eigenvalue weighted by Gasteiger charge is -2.34. The lowest BCUT2D eigenvalue weighted by atomic mass is 9.90. The number of carbonyl (C=O) groups excluding carboxylic acids is 5. The van der Waals surface area contributed by atoms with Crippen LogP contribution in [0.4, 0.5) is 0 Å². The maximum atomic E-state index is 14.2. The molecular formula is C39H74N8O7. The molecule has 2 aliphatic rings. The molecule has 15 heteroatoms. The lowest BCUT2D eigenvalue weighted by Crippen LogP contribution is -2.62. The van der Waals surface area contributed by atoms with Gasteiger partial charge < -0.3 is 52.8 Å².